The molecule has 0 bridgehead atoms. The number of nitrogens with one attached hydrogen (secondary N) is 1. The van der Waals surface area contributed by atoms with E-state index in [1.165, 1.54) is 16.0 Å². The van der Waals surface area contributed by atoms with Gasteiger partial charge in [-0.05, 0) is 55.0 Å². The molecular weight excluding hydrogens is 431 g/mol. The van der Waals surface area contributed by atoms with E-state index in [4.69, 9.17) is 5.73 Å². The predicted octanol–water partition coefficient (Wildman–Crippen LogP) is 3.85. The van der Waals surface area contributed by atoms with E-state index in [1.807, 2.05) is 23.5 Å². The molecule has 1 unspecified atom stereocenters. The van der Waals surface area contributed by atoms with Crippen LogP contribution in [0.15, 0.2) is 40.7 Å². The number of hydrogen-bond donors (Lipinski definition) is 2. The summed E-state index contributed by atoms with van der Waals surface area (Å²) < 4.78 is 0. The highest BCUT2D eigenvalue weighted by Crippen LogP contribution is 2.25. The predicted molar refractivity (Wildman–Crippen MR) is 115 cm³/mol. The molecule has 0 amide bonds. The maximum Gasteiger partial charge on any atom is 0.193 e. The van der Waals surface area contributed by atoms with E-state index < -0.39 is 0 Å². The number of fused-ring (bicyclic) bond motifs is 1. The van der Waals surface area contributed by atoms with E-state index >= 15 is 0 Å². The minimum Gasteiger partial charge on any atom is -0.370 e. The molecule has 1 aromatic heterocycles. The van der Waals surface area contributed by atoms with Gasteiger partial charge in [0.15, 0.2) is 5.96 Å². The first-order chi connectivity index (χ1) is 11.1. The zero-order valence-electron chi connectivity index (χ0n) is 14.2. The van der Waals surface area contributed by atoms with Gasteiger partial charge in [0.05, 0.1) is 6.54 Å². The SMILES string of the molecule is Cc1cccc(NC(N)=NCC(C)N2CCc3sccc3C2)c1.I. The number of benzene rings is 1. The van der Waals surface area contributed by atoms with E-state index in [0.29, 0.717) is 18.5 Å². The second-order valence-corrected chi connectivity index (χ2v) is 7.16. The van der Waals surface area contributed by atoms with Crippen molar-refractivity contribution in [2.24, 2.45) is 10.7 Å². The Morgan fingerprint density at radius 3 is 3.04 bits per heavy atom. The zero-order valence-corrected chi connectivity index (χ0v) is 17.3. The van der Waals surface area contributed by atoms with Gasteiger partial charge >= 0.3 is 0 Å². The fourth-order valence-corrected chi connectivity index (χ4v) is 3.79. The molecule has 3 N–H and O–H groups in total. The van der Waals surface area contributed by atoms with Crippen molar-refractivity contribution >= 4 is 47.0 Å². The minimum atomic E-state index is 0. The molecule has 1 aliphatic heterocycles. The van der Waals surface area contributed by atoms with Crippen molar-refractivity contribution in [1.82, 2.24) is 4.90 Å². The summed E-state index contributed by atoms with van der Waals surface area (Å²) in [6.07, 6.45) is 1.15. The first-order valence-corrected chi connectivity index (χ1v) is 8.92. The fraction of sp³-hybridized carbons (Fsp3) is 0.389. The number of guanidine groups is 1. The number of aliphatic imine (C=N–C) groups is 1. The third kappa shape index (κ3) is 4.94. The summed E-state index contributed by atoms with van der Waals surface area (Å²) >= 11 is 1.88. The monoisotopic (exact) mass is 456 g/mol. The molecule has 1 aromatic carbocycles. The standard InChI is InChI=1S/C18H24N4S.HI/c1-13-4-3-5-16(10-13)21-18(19)20-11-14(2)22-8-6-17-15(12-22)7-9-23-17;/h3-5,7,9-10,14H,6,8,11-12H2,1-2H3,(H3,19,20,21);1H. The third-order valence-electron chi connectivity index (χ3n) is 4.28. The Labute approximate surface area is 165 Å². The van der Waals surface area contributed by atoms with Crippen molar-refractivity contribution in [3.05, 3.63) is 51.7 Å². The van der Waals surface area contributed by atoms with Crippen molar-refractivity contribution in [2.75, 3.05) is 18.4 Å². The molecular formula is C18H25IN4S. The molecule has 130 valence electrons. The summed E-state index contributed by atoms with van der Waals surface area (Å²) in [6, 6.07) is 10.8. The summed E-state index contributed by atoms with van der Waals surface area (Å²) in [6.45, 7) is 7.14. The van der Waals surface area contributed by atoms with Gasteiger partial charge in [0, 0.05) is 29.7 Å². The first-order valence-electron chi connectivity index (χ1n) is 8.05. The number of hydrogen-bond acceptors (Lipinski definition) is 3. The smallest absolute Gasteiger partial charge is 0.193 e. The number of rotatable bonds is 4. The zero-order chi connectivity index (χ0) is 16.2. The summed E-state index contributed by atoms with van der Waals surface area (Å²) in [5.74, 6) is 0.482. The molecule has 1 aliphatic rings. The van der Waals surface area contributed by atoms with Crippen LogP contribution in [0.2, 0.25) is 0 Å². The number of nitrogens with two attached hydrogens (primary N) is 1. The summed E-state index contributed by atoms with van der Waals surface area (Å²) in [5.41, 5.74) is 9.68. The molecule has 2 heterocycles. The van der Waals surface area contributed by atoms with Gasteiger partial charge in [-0.3, -0.25) is 9.89 Å². The van der Waals surface area contributed by atoms with Crippen molar-refractivity contribution in [1.29, 1.82) is 0 Å². The second kappa shape index (κ2) is 8.82. The van der Waals surface area contributed by atoms with Gasteiger partial charge in [-0.25, -0.2) is 0 Å². The van der Waals surface area contributed by atoms with Crippen LogP contribution in [0.4, 0.5) is 5.69 Å². The van der Waals surface area contributed by atoms with Gasteiger partial charge in [0.1, 0.15) is 0 Å². The van der Waals surface area contributed by atoms with Gasteiger partial charge in [0.25, 0.3) is 0 Å². The topological polar surface area (TPSA) is 53.6 Å². The highest BCUT2D eigenvalue weighted by atomic mass is 127. The number of halogens is 1. The lowest BCUT2D eigenvalue weighted by Gasteiger charge is -2.31. The summed E-state index contributed by atoms with van der Waals surface area (Å²) in [5, 5.41) is 5.36. The average molecular weight is 456 g/mol. The lowest BCUT2D eigenvalue weighted by Crippen LogP contribution is -2.39. The lowest BCUT2D eigenvalue weighted by atomic mass is 10.1. The van der Waals surface area contributed by atoms with Gasteiger partial charge in [-0.15, -0.1) is 35.3 Å². The fourth-order valence-electron chi connectivity index (χ4n) is 2.90. The highest BCUT2D eigenvalue weighted by molar-refractivity contribution is 14.0. The van der Waals surface area contributed by atoms with E-state index in [9.17, 15) is 0 Å². The number of nitrogens with zero attached hydrogens (tertiary/aromatic N) is 2. The summed E-state index contributed by atoms with van der Waals surface area (Å²) in [4.78, 5) is 8.54. The van der Waals surface area contributed by atoms with Crippen molar-refractivity contribution in [3.63, 3.8) is 0 Å². The van der Waals surface area contributed by atoms with Gasteiger partial charge < -0.3 is 11.1 Å². The quantitative estimate of drug-likeness (QED) is 0.418. The van der Waals surface area contributed by atoms with Gasteiger partial charge in [-0.2, -0.15) is 0 Å². The normalized spacial score (nSPS) is 16.2. The second-order valence-electron chi connectivity index (χ2n) is 6.16. The van der Waals surface area contributed by atoms with Gasteiger partial charge in [0.2, 0.25) is 0 Å². The largest absolute Gasteiger partial charge is 0.370 e. The molecule has 24 heavy (non-hydrogen) atoms. The van der Waals surface area contributed by atoms with Crippen LogP contribution in [-0.2, 0) is 13.0 Å². The lowest BCUT2D eigenvalue weighted by molar-refractivity contribution is 0.197. The maximum atomic E-state index is 6.02. The molecule has 4 nitrogen and oxygen atoms in total. The molecule has 0 fully saturated rings. The van der Waals surface area contributed by atoms with Crippen LogP contribution < -0.4 is 11.1 Å². The van der Waals surface area contributed by atoms with E-state index in [0.717, 1.165) is 25.2 Å². The molecule has 0 aliphatic carbocycles. The summed E-state index contributed by atoms with van der Waals surface area (Å²) in [7, 11) is 0. The van der Waals surface area contributed by atoms with E-state index in [-0.39, 0.29) is 24.0 Å². The third-order valence-corrected chi connectivity index (χ3v) is 5.30. The van der Waals surface area contributed by atoms with E-state index in [1.54, 1.807) is 0 Å². The van der Waals surface area contributed by atoms with Gasteiger partial charge in [-0.1, -0.05) is 12.1 Å². The van der Waals surface area contributed by atoms with E-state index in [2.05, 4.69) is 52.6 Å². The van der Waals surface area contributed by atoms with Crippen molar-refractivity contribution < 1.29 is 0 Å². The van der Waals surface area contributed by atoms with Crippen LogP contribution in [0.1, 0.15) is 22.9 Å². The number of aryl methyl sites for hydroxylation is 1. The van der Waals surface area contributed by atoms with Crippen LogP contribution in [0.5, 0.6) is 0 Å². The Bertz CT molecular complexity index is 698. The molecule has 0 radical (unpaired) electrons. The van der Waals surface area contributed by atoms with Crippen LogP contribution in [-0.4, -0.2) is 30.0 Å². The minimum absolute atomic E-state index is 0. The number of anilines is 1. The number of thiophene rings is 1. The molecule has 0 saturated carbocycles. The first kappa shape index (κ1) is 19.2. The molecule has 1 atom stereocenters. The van der Waals surface area contributed by atoms with Crippen LogP contribution in [0.3, 0.4) is 0 Å². The van der Waals surface area contributed by atoms with Crippen molar-refractivity contribution in [3.8, 4) is 0 Å². The van der Waals surface area contributed by atoms with Crippen LogP contribution >= 0.6 is 35.3 Å². The Kier molecular flexibility index (Phi) is 7.06. The van der Waals surface area contributed by atoms with Crippen molar-refractivity contribution in [2.45, 2.75) is 32.9 Å². The maximum absolute atomic E-state index is 6.02. The Morgan fingerprint density at radius 1 is 1.42 bits per heavy atom. The average Bonchev–Trinajstić information content (AvgIpc) is 3.00. The Hall–Kier alpha value is -1.12. The molecule has 2 aromatic rings. The molecule has 6 heteroatoms. The van der Waals surface area contributed by atoms with Crippen LogP contribution in [0.25, 0.3) is 0 Å². The highest BCUT2D eigenvalue weighted by Gasteiger charge is 2.21. The Balaban J connectivity index is 0.00000208. The molecule has 3 rings (SSSR count). The molecule has 0 saturated heterocycles. The Morgan fingerprint density at radius 2 is 2.25 bits per heavy atom. The molecule has 0 spiro atoms. The van der Waals surface area contributed by atoms with Crippen LogP contribution in [0, 0.1) is 6.92 Å².